The van der Waals surface area contributed by atoms with Crippen molar-refractivity contribution in [2.45, 2.75) is 0 Å². The molecular formula is C11H11N3. The summed E-state index contributed by atoms with van der Waals surface area (Å²) in [6.45, 7) is 0. The van der Waals surface area contributed by atoms with Gasteiger partial charge in [-0.25, -0.2) is 0 Å². The van der Waals surface area contributed by atoms with Crippen LogP contribution < -0.4 is 0 Å². The van der Waals surface area contributed by atoms with E-state index in [0.29, 0.717) is 11.7 Å². The fourth-order valence-corrected chi connectivity index (χ4v) is 1.44. The zero-order valence-corrected chi connectivity index (χ0v) is 7.91. The number of rotatable bonds is 1. The standard InChI is InChI=1S/C11H11N3/c1-14-10(12)7-9(11(14)13)8-5-3-2-4-6-8/h2-7,12-13H,1H3. The first kappa shape index (κ1) is 8.69. The average Bonchev–Trinajstić information content (AvgIpc) is 2.47. The fourth-order valence-electron chi connectivity index (χ4n) is 1.44. The van der Waals surface area contributed by atoms with Gasteiger partial charge in [0, 0.05) is 12.6 Å². The summed E-state index contributed by atoms with van der Waals surface area (Å²) in [5.74, 6) is 0.759. The summed E-state index contributed by atoms with van der Waals surface area (Å²) in [5.41, 5.74) is 1.81. The van der Waals surface area contributed by atoms with E-state index in [1.54, 1.807) is 18.0 Å². The van der Waals surface area contributed by atoms with E-state index in [1.807, 2.05) is 30.3 Å². The minimum absolute atomic E-state index is 0.369. The molecule has 70 valence electrons. The van der Waals surface area contributed by atoms with Crippen LogP contribution in [0.15, 0.2) is 36.4 Å². The van der Waals surface area contributed by atoms with Gasteiger partial charge in [0.2, 0.25) is 0 Å². The fraction of sp³-hybridized carbons (Fsp3) is 0.0909. The molecule has 3 heteroatoms. The van der Waals surface area contributed by atoms with Gasteiger partial charge in [-0.2, -0.15) is 0 Å². The van der Waals surface area contributed by atoms with Gasteiger partial charge in [-0.15, -0.1) is 0 Å². The second-order valence-electron chi connectivity index (χ2n) is 3.22. The van der Waals surface area contributed by atoms with Gasteiger partial charge in [0.05, 0.1) is 0 Å². The molecule has 3 nitrogen and oxygen atoms in total. The minimum atomic E-state index is 0.369. The summed E-state index contributed by atoms with van der Waals surface area (Å²) in [7, 11) is 1.73. The molecule has 0 fully saturated rings. The van der Waals surface area contributed by atoms with E-state index in [2.05, 4.69) is 0 Å². The number of amidine groups is 2. The smallest absolute Gasteiger partial charge is 0.134 e. The summed E-state index contributed by atoms with van der Waals surface area (Å²) < 4.78 is 0. The molecule has 1 aromatic carbocycles. The summed E-state index contributed by atoms with van der Waals surface area (Å²) in [6.07, 6.45) is 1.72. The first-order valence-corrected chi connectivity index (χ1v) is 4.38. The van der Waals surface area contributed by atoms with Crippen molar-refractivity contribution < 1.29 is 0 Å². The number of nitrogens with one attached hydrogen (secondary N) is 2. The van der Waals surface area contributed by atoms with Crippen molar-refractivity contribution in [3.05, 3.63) is 42.0 Å². The molecule has 0 radical (unpaired) electrons. The molecule has 2 N–H and O–H groups in total. The van der Waals surface area contributed by atoms with Crippen LogP contribution in [0, 0.1) is 10.8 Å². The van der Waals surface area contributed by atoms with Crippen molar-refractivity contribution in [3.8, 4) is 0 Å². The maximum atomic E-state index is 7.80. The molecule has 0 unspecified atom stereocenters. The molecule has 0 aliphatic carbocycles. The zero-order chi connectivity index (χ0) is 10.1. The van der Waals surface area contributed by atoms with Gasteiger partial charge in [0.25, 0.3) is 0 Å². The zero-order valence-electron chi connectivity index (χ0n) is 7.91. The molecule has 1 aliphatic heterocycles. The molecule has 0 spiro atoms. The second-order valence-corrected chi connectivity index (χ2v) is 3.22. The lowest BCUT2D eigenvalue weighted by atomic mass is 10.1. The topological polar surface area (TPSA) is 50.9 Å². The lowest BCUT2D eigenvalue weighted by Gasteiger charge is -2.11. The quantitative estimate of drug-likeness (QED) is 0.690. The molecular weight excluding hydrogens is 174 g/mol. The van der Waals surface area contributed by atoms with Gasteiger partial charge >= 0.3 is 0 Å². The van der Waals surface area contributed by atoms with Crippen molar-refractivity contribution in [2.24, 2.45) is 0 Å². The van der Waals surface area contributed by atoms with Crippen LogP contribution in [-0.4, -0.2) is 23.6 Å². The molecule has 0 atom stereocenters. The molecule has 0 amide bonds. The summed E-state index contributed by atoms with van der Waals surface area (Å²) in [4.78, 5) is 1.56. The largest absolute Gasteiger partial charge is 0.315 e. The highest BCUT2D eigenvalue weighted by molar-refractivity contribution is 6.34. The van der Waals surface area contributed by atoms with Crippen molar-refractivity contribution in [1.82, 2.24) is 4.90 Å². The Morgan fingerprint density at radius 2 is 1.71 bits per heavy atom. The monoisotopic (exact) mass is 185 g/mol. The number of hydrogen-bond donors (Lipinski definition) is 2. The van der Waals surface area contributed by atoms with E-state index in [4.69, 9.17) is 10.8 Å². The lowest BCUT2D eigenvalue weighted by Crippen LogP contribution is -2.24. The summed E-state index contributed by atoms with van der Waals surface area (Å²) >= 11 is 0. The third-order valence-corrected chi connectivity index (χ3v) is 2.32. The molecule has 1 aliphatic rings. The molecule has 0 aromatic heterocycles. The Morgan fingerprint density at radius 1 is 1.07 bits per heavy atom. The Balaban J connectivity index is 2.43. The molecule has 1 heterocycles. The van der Waals surface area contributed by atoms with Crippen molar-refractivity contribution in [2.75, 3.05) is 7.05 Å². The van der Waals surface area contributed by atoms with E-state index in [0.717, 1.165) is 11.1 Å². The molecule has 0 saturated heterocycles. The Bertz CT molecular complexity index is 417. The van der Waals surface area contributed by atoms with Gasteiger partial charge in [0.1, 0.15) is 11.7 Å². The van der Waals surface area contributed by atoms with Crippen LogP contribution in [0.2, 0.25) is 0 Å². The molecule has 14 heavy (non-hydrogen) atoms. The number of hydrogen-bond acceptors (Lipinski definition) is 2. The number of likely N-dealkylation sites (N-methyl/N-ethyl adjacent to an activating group) is 1. The SMILES string of the molecule is CN1C(=N)C=C(c2ccccc2)C1=N. The average molecular weight is 185 g/mol. The molecule has 1 aromatic rings. The summed E-state index contributed by atoms with van der Waals surface area (Å²) in [6, 6.07) is 9.72. The van der Waals surface area contributed by atoms with Crippen LogP contribution in [0.25, 0.3) is 5.57 Å². The highest BCUT2D eigenvalue weighted by atomic mass is 15.2. The number of benzene rings is 1. The third kappa shape index (κ3) is 1.23. The Morgan fingerprint density at radius 3 is 2.21 bits per heavy atom. The van der Waals surface area contributed by atoms with Gasteiger partial charge in [-0.1, -0.05) is 30.3 Å². The van der Waals surface area contributed by atoms with E-state index in [9.17, 15) is 0 Å². The maximum absolute atomic E-state index is 7.80. The van der Waals surface area contributed by atoms with Crippen LogP contribution in [-0.2, 0) is 0 Å². The second kappa shape index (κ2) is 3.10. The molecule has 0 saturated carbocycles. The highest BCUT2D eigenvalue weighted by Crippen LogP contribution is 2.22. The lowest BCUT2D eigenvalue weighted by molar-refractivity contribution is 0.761. The molecule has 0 bridgehead atoms. The van der Waals surface area contributed by atoms with Crippen LogP contribution in [0.4, 0.5) is 0 Å². The van der Waals surface area contributed by atoms with E-state index < -0.39 is 0 Å². The van der Waals surface area contributed by atoms with Crippen molar-refractivity contribution in [3.63, 3.8) is 0 Å². The minimum Gasteiger partial charge on any atom is -0.315 e. The predicted molar refractivity (Wildman–Crippen MR) is 57.6 cm³/mol. The predicted octanol–water partition coefficient (Wildman–Crippen LogP) is 1.97. The van der Waals surface area contributed by atoms with Crippen molar-refractivity contribution >= 4 is 17.2 Å². The van der Waals surface area contributed by atoms with Crippen LogP contribution in [0.1, 0.15) is 5.56 Å². The van der Waals surface area contributed by atoms with E-state index in [1.165, 1.54) is 0 Å². The highest BCUT2D eigenvalue weighted by Gasteiger charge is 2.21. The van der Waals surface area contributed by atoms with Gasteiger partial charge in [0.15, 0.2) is 0 Å². The Kier molecular flexibility index (Phi) is 1.93. The first-order chi connectivity index (χ1) is 6.70. The maximum Gasteiger partial charge on any atom is 0.134 e. The Labute approximate surface area is 82.7 Å². The normalized spacial score (nSPS) is 16.1. The van der Waals surface area contributed by atoms with Gasteiger partial charge < -0.3 is 4.90 Å². The number of nitrogens with zero attached hydrogens (tertiary/aromatic N) is 1. The van der Waals surface area contributed by atoms with Gasteiger partial charge in [-0.3, -0.25) is 10.8 Å². The third-order valence-electron chi connectivity index (χ3n) is 2.32. The van der Waals surface area contributed by atoms with Crippen LogP contribution >= 0.6 is 0 Å². The van der Waals surface area contributed by atoms with E-state index in [-0.39, 0.29) is 0 Å². The molecule has 2 rings (SSSR count). The van der Waals surface area contributed by atoms with Gasteiger partial charge in [-0.05, 0) is 11.6 Å². The van der Waals surface area contributed by atoms with Crippen LogP contribution in [0.5, 0.6) is 0 Å². The summed E-state index contributed by atoms with van der Waals surface area (Å²) in [5, 5.41) is 15.4. The van der Waals surface area contributed by atoms with E-state index >= 15 is 0 Å². The van der Waals surface area contributed by atoms with Crippen molar-refractivity contribution in [1.29, 1.82) is 10.8 Å². The van der Waals surface area contributed by atoms with Crippen LogP contribution in [0.3, 0.4) is 0 Å². The Hall–Kier alpha value is -1.90. The first-order valence-electron chi connectivity index (χ1n) is 4.38.